The molecule has 0 bridgehead atoms. The van der Waals surface area contributed by atoms with E-state index in [0.717, 1.165) is 45.4 Å². The lowest BCUT2D eigenvalue weighted by atomic mass is 9.93. The summed E-state index contributed by atoms with van der Waals surface area (Å²) < 4.78 is 5.78. The van der Waals surface area contributed by atoms with Crippen molar-refractivity contribution in [3.05, 3.63) is 0 Å². The van der Waals surface area contributed by atoms with Crippen molar-refractivity contribution in [2.75, 3.05) is 32.8 Å². The molecular weight excluding hydrogens is 228 g/mol. The van der Waals surface area contributed by atoms with Crippen molar-refractivity contribution in [3.63, 3.8) is 0 Å². The number of nitrogens with one attached hydrogen (secondary N) is 1. The van der Waals surface area contributed by atoms with Crippen molar-refractivity contribution in [2.45, 2.75) is 45.6 Å². The second kappa shape index (κ2) is 6.02. The molecule has 2 saturated heterocycles. The van der Waals surface area contributed by atoms with Crippen LogP contribution in [0.1, 0.15) is 39.5 Å². The van der Waals surface area contributed by atoms with Crippen molar-refractivity contribution in [3.8, 4) is 0 Å². The van der Waals surface area contributed by atoms with Crippen molar-refractivity contribution in [1.82, 2.24) is 10.2 Å². The average molecular weight is 254 g/mol. The van der Waals surface area contributed by atoms with Crippen molar-refractivity contribution < 1.29 is 9.53 Å². The molecule has 104 valence electrons. The maximum Gasteiger partial charge on any atom is 0.224 e. The first-order valence-corrected chi connectivity index (χ1v) is 7.17. The maximum absolute atomic E-state index is 12.0. The number of carbonyl (C=O) groups excluding carboxylic acids is 1. The Morgan fingerprint density at radius 1 is 1.39 bits per heavy atom. The third kappa shape index (κ3) is 3.95. The van der Waals surface area contributed by atoms with Gasteiger partial charge in [0.2, 0.25) is 5.91 Å². The van der Waals surface area contributed by atoms with Crippen LogP contribution in [0.4, 0.5) is 0 Å². The van der Waals surface area contributed by atoms with Gasteiger partial charge in [0.25, 0.3) is 0 Å². The zero-order valence-corrected chi connectivity index (χ0v) is 11.7. The number of likely N-dealkylation sites (tertiary alicyclic amines) is 1. The predicted molar refractivity (Wildman–Crippen MR) is 71.4 cm³/mol. The summed E-state index contributed by atoms with van der Waals surface area (Å²) in [4.78, 5) is 14.0. The van der Waals surface area contributed by atoms with E-state index in [-0.39, 0.29) is 5.91 Å². The van der Waals surface area contributed by atoms with Gasteiger partial charge in [-0.3, -0.25) is 4.79 Å². The molecule has 0 aromatic rings. The quantitative estimate of drug-likeness (QED) is 0.824. The van der Waals surface area contributed by atoms with Crippen LogP contribution >= 0.6 is 0 Å². The number of piperidine rings is 1. The molecule has 0 radical (unpaired) electrons. The molecule has 4 heteroatoms. The van der Waals surface area contributed by atoms with Gasteiger partial charge >= 0.3 is 0 Å². The fraction of sp³-hybridized carbons (Fsp3) is 0.929. The lowest BCUT2D eigenvalue weighted by Crippen LogP contribution is -2.34. The van der Waals surface area contributed by atoms with Crippen LogP contribution < -0.4 is 5.32 Å². The molecule has 4 nitrogen and oxygen atoms in total. The largest absolute Gasteiger partial charge is 0.378 e. The van der Waals surface area contributed by atoms with Crippen LogP contribution in [0.2, 0.25) is 0 Å². The Morgan fingerprint density at radius 2 is 2.11 bits per heavy atom. The third-order valence-corrected chi connectivity index (χ3v) is 3.99. The molecule has 0 unspecified atom stereocenters. The lowest BCUT2D eigenvalue weighted by Gasteiger charge is -2.24. The fourth-order valence-corrected chi connectivity index (χ4v) is 2.76. The maximum atomic E-state index is 12.0. The van der Waals surface area contributed by atoms with Gasteiger partial charge in [-0.1, -0.05) is 13.8 Å². The molecule has 2 heterocycles. The molecule has 0 atom stereocenters. The molecule has 0 aromatic heterocycles. The molecule has 1 amide bonds. The number of ether oxygens (including phenoxy) is 1. The van der Waals surface area contributed by atoms with Gasteiger partial charge in [-0.2, -0.15) is 0 Å². The molecular formula is C14H26N2O2. The smallest absolute Gasteiger partial charge is 0.224 e. The first-order chi connectivity index (χ1) is 8.57. The first-order valence-electron chi connectivity index (χ1n) is 7.17. The van der Waals surface area contributed by atoms with Crippen LogP contribution in [-0.4, -0.2) is 49.7 Å². The SMILES string of the molecule is CC1(C)CCN(C(=O)CCOC2CCNCC2)C1. The summed E-state index contributed by atoms with van der Waals surface area (Å²) in [6.07, 6.45) is 4.16. The molecule has 0 spiro atoms. The van der Waals surface area contributed by atoms with Gasteiger partial charge in [0.1, 0.15) is 0 Å². The van der Waals surface area contributed by atoms with Crippen LogP contribution in [0.15, 0.2) is 0 Å². The number of hydrogen-bond donors (Lipinski definition) is 1. The highest BCUT2D eigenvalue weighted by Crippen LogP contribution is 2.28. The molecule has 2 rings (SSSR count). The fourth-order valence-electron chi connectivity index (χ4n) is 2.76. The lowest BCUT2D eigenvalue weighted by molar-refractivity contribution is -0.132. The topological polar surface area (TPSA) is 41.6 Å². The standard InChI is InChI=1S/C14H26N2O2/c1-14(2)6-9-16(11-14)13(17)5-10-18-12-3-7-15-8-4-12/h12,15H,3-11H2,1-2H3. The highest BCUT2D eigenvalue weighted by Gasteiger charge is 2.31. The van der Waals surface area contributed by atoms with E-state index in [4.69, 9.17) is 4.74 Å². The minimum atomic E-state index is 0.259. The van der Waals surface area contributed by atoms with Gasteiger partial charge in [-0.15, -0.1) is 0 Å². The van der Waals surface area contributed by atoms with Gasteiger partial charge in [0.05, 0.1) is 19.1 Å². The Hall–Kier alpha value is -0.610. The van der Waals surface area contributed by atoms with E-state index < -0.39 is 0 Å². The molecule has 0 aromatic carbocycles. The molecule has 2 aliphatic rings. The number of carbonyl (C=O) groups is 1. The van der Waals surface area contributed by atoms with Crippen LogP contribution in [0.5, 0.6) is 0 Å². The number of rotatable bonds is 4. The summed E-state index contributed by atoms with van der Waals surface area (Å²) in [5, 5.41) is 3.31. The predicted octanol–water partition coefficient (Wildman–Crippen LogP) is 1.40. The average Bonchev–Trinajstić information content (AvgIpc) is 2.71. The van der Waals surface area contributed by atoms with Crippen LogP contribution in [0.25, 0.3) is 0 Å². The van der Waals surface area contributed by atoms with Crippen molar-refractivity contribution >= 4 is 5.91 Å². The summed E-state index contributed by atoms with van der Waals surface area (Å²) in [7, 11) is 0. The summed E-state index contributed by atoms with van der Waals surface area (Å²) in [5.74, 6) is 0.259. The van der Waals surface area contributed by atoms with Gasteiger partial charge in [-0.05, 0) is 37.8 Å². The monoisotopic (exact) mass is 254 g/mol. The molecule has 18 heavy (non-hydrogen) atoms. The Bertz CT molecular complexity index is 286. The zero-order chi connectivity index (χ0) is 13.0. The highest BCUT2D eigenvalue weighted by atomic mass is 16.5. The summed E-state index contributed by atoms with van der Waals surface area (Å²) in [6.45, 7) is 8.94. The van der Waals surface area contributed by atoms with E-state index in [2.05, 4.69) is 19.2 Å². The van der Waals surface area contributed by atoms with E-state index in [1.165, 1.54) is 0 Å². The van der Waals surface area contributed by atoms with E-state index in [0.29, 0.717) is 24.5 Å². The number of amides is 1. The van der Waals surface area contributed by atoms with Gasteiger partial charge in [-0.25, -0.2) is 0 Å². The number of hydrogen-bond acceptors (Lipinski definition) is 3. The number of nitrogens with zero attached hydrogens (tertiary/aromatic N) is 1. The molecule has 0 aliphatic carbocycles. The van der Waals surface area contributed by atoms with E-state index in [9.17, 15) is 4.79 Å². The minimum absolute atomic E-state index is 0.259. The third-order valence-electron chi connectivity index (χ3n) is 3.99. The van der Waals surface area contributed by atoms with E-state index >= 15 is 0 Å². The molecule has 2 aliphatic heterocycles. The molecule has 2 fully saturated rings. The Kier molecular flexibility index (Phi) is 4.62. The van der Waals surface area contributed by atoms with Crippen LogP contribution in [-0.2, 0) is 9.53 Å². The van der Waals surface area contributed by atoms with Crippen molar-refractivity contribution in [2.24, 2.45) is 5.41 Å². The first kappa shape index (κ1) is 13.8. The van der Waals surface area contributed by atoms with Crippen LogP contribution in [0, 0.1) is 5.41 Å². The summed E-state index contributed by atoms with van der Waals surface area (Å²) in [5.41, 5.74) is 0.297. The normalized spacial score (nSPS) is 24.4. The van der Waals surface area contributed by atoms with Crippen LogP contribution in [0.3, 0.4) is 0 Å². The van der Waals surface area contributed by atoms with E-state index in [1.54, 1.807) is 0 Å². The zero-order valence-electron chi connectivity index (χ0n) is 11.7. The van der Waals surface area contributed by atoms with Gasteiger partial charge in [0.15, 0.2) is 0 Å². The second-order valence-electron chi connectivity index (χ2n) is 6.30. The Labute approximate surface area is 110 Å². The van der Waals surface area contributed by atoms with Gasteiger partial charge < -0.3 is 15.0 Å². The summed E-state index contributed by atoms with van der Waals surface area (Å²) >= 11 is 0. The molecule has 0 saturated carbocycles. The Morgan fingerprint density at radius 3 is 2.72 bits per heavy atom. The Balaban J connectivity index is 1.63. The minimum Gasteiger partial charge on any atom is -0.378 e. The summed E-state index contributed by atoms with van der Waals surface area (Å²) in [6, 6.07) is 0. The highest BCUT2D eigenvalue weighted by molar-refractivity contribution is 5.76. The van der Waals surface area contributed by atoms with E-state index in [1.807, 2.05) is 4.90 Å². The molecule has 1 N–H and O–H groups in total. The van der Waals surface area contributed by atoms with Gasteiger partial charge in [0, 0.05) is 13.1 Å². The second-order valence-corrected chi connectivity index (χ2v) is 6.30. The van der Waals surface area contributed by atoms with Crippen molar-refractivity contribution in [1.29, 1.82) is 0 Å².